The summed E-state index contributed by atoms with van der Waals surface area (Å²) in [5, 5.41) is 3.48. The summed E-state index contributed by atoms with van der Waals surface area (Å²) in [7, 11) is 0. The standard InChI is InChI=1S/C25H40N4O2.HI/c1-3-26-25(29-14-16-31-24(19-29)23-5-4-15-30-23)27-17-21-6-8-22(9-7-21)18-28-12-10-20(2)11-13-28;/h6-9,20,23-24H,3-5,10-19H2,1-2H3,(H,26,27);1H. The topological polar surface area (TPSA) is 49.3 Å². The summed E-state index contributed by atoms with van der Waals surface area (Å²) in [6, 6.07) is 9.03. The zero-order valence-corrected chi connectivity index (χ0v) is 22.1. The van der Waals surface area contributed by atoms with Gasteiger partial charge in [-0.15, -0.1) is 24.0 Å². The molecule has 3 fully saturated rings. The third-order valence-electron chi connectivity index (χ3n) is 6.82. The summed E-state index contributed by atoms with van der Waals surface area (Å²) in [6.07, 6.45) is 5.30. The van der Waals surface area contributed by atoms with E-state index in [0.717, 1.165) is 64.1 Å². The monoisotopic (exact) mass is 556 g/mol. The minimum Gasteiger partial charge on any atom is -0.375 e. The van der Waals surface area contributed by atoms with E-state index in [9.17, 15) is 0 Å². The molecule has 0 saturated carbocycles. The van der Waals surface area contributed by atoms with Gasteiger partial charge in [-0.25, -0.2) is 4.99 Å². The number of guanidine groups is 1. The van der Waals surface area contributed by atoms with Crippen LogP contribution in [-0.2, 0) is 22.6 Å². The Bertz CT molecular complexity index is 700. The molecule has 7 heteroatoms. The number of ether oxygens (including phenoxy) is 2. The van der Waals surface area contributed by atoms with Crippen LogP contribution in [0.1, 0.15) is 50.7 Å². The van der Waals surface area contributed by atoms with Crippen molar-refractivity contribution < 1.29 is 9.47 Å². The van der Waals surface area contributed by atoms with E-state index < -0.39 is 0 Å². The second-order valence-electron chi connectivity index (χ2n) is 9.35. The van der Waals surface area contributed by atoms with E-state index in [0.29, 0.717) is 6.54 Å². The van der Waals surface area contributed by atoms with Crippen molar-refractivity contribution in [3.8, 4) is 0 Å². The molecule has 0 amide bonds. The normalized spacial score (nSPS) is 25.6. The number of likely N-dealkylation sites (tertiary alicyclic amines) is 1. The second-order valence-corrected chi connectivity index (χ2v) is 9.35. The lowest BCUT2D eigenvalue weighted by Crippen LogP contribution is -2.53. The predicted molar refractivity (Wildman–Crippen MR) is 141 cm³/mol. The van der Waals surface area contributed by atoms with Gasteiger partial charge < -0.3 is 19.7 Å². The van der Waals surface area contributed by atoms with Gasteiger partial charge in [0.1, 0.15) is 6.10 Å². The maximum Gasteiger partial charge on any atom is 0.194 e. The molecule has 3 aliphatic heterocycles. The van der Waals surface area contributed by atoms with Crippen molar-refractivity contribution in [1.82, 2.24) is 15.1 Å². The summed E-state index contributed by atoms with van der Waals surface area (Å²) in [6.45, 7) is 12.9. The fourth-order valence-corrected chi connectivity index (χ4v) is 4.81. The van der Waals surface area contributed by atoms with E-state index >= 15 is 0 Å². The third kappa shape index (κ3) is 7.30. The first kappa shape index (κ1) is 25.7. The van der Waals surface area contributed by atoms with Crippen LogP contribution in [0.25, 0.3) is 0 Å². The Labute approximate surface area is 211 Å². The van der Waals surface area contributed by atoms with Gasteiger partial charge in [0.05, 0.1) is 19.3 Å². The lowest BCUT2D eigenvalue weighted by molar-refractivity contribution is -0.0817. The van der Waals surface area contributed by atoms with Gasteiger partial charge in [0, 0.05) is 32.8 Å². The Balaban J connectivity index is 0.00000289. The van der Waals surface area contributed by atoms with Gasteiger partial charge in [-0.05, 0) is 62.7 Å². The van der Waals surface area contributed by atoms with Crippen LogP contribution < -0.4 is 5.32 Å². The lowest BCUT2D eigenvalue weighted by atomic mass is 9.99. The van der Waals surface area contributed by atoms with Crippen LogP contribution in [0, 0.1) is 5.92 Å². The molecule has 0 radical (unpaired) electrons. The number of hydrogen-bond donors (Lipinski definition) is 1. The summed E-state index contributed by atoms with van der Waals surface area (Å²) in [5.41, 5.74) is 2.66. The Kier molecular flexibility index (Phi) is 10.5. The molecule has 3 saturated heterocycles. The van der Waals surface area contributed by atoms with Gasteiger partial charge in [-0.1, -0.05) is 31.2 Å². The first-order valence-electron chi connectivity index (χ1n) is 12.3. The fraction of sp³-hybridized carbons (Fsp3) is 0.720. The van der Waals surface area contributed by atoms with Crippen molar-refractivity contribution in [2.45, 2.75) is 64.8 Å². The Hall–Kier alpha value is -0.900. The number of rotatable bonds is 6. The zero-order chi connectivity index (χ0) is 21.5. The van der Waals surface area contributed by atoms with Gasteiger partial charge in [0.15, 0.2) is 5.96 Å². The van der Waals surface area contributed by atoms with E-state index in [2.05, 4.69) is 53.2 Å². The molecule has 0 spiro atoms. The largest absolute Gasteiger partial charge is 0.375 e. The molecular formula is C25H41IN4O2. The van der Waals surface area contributed by atoms with E-state index in [1.54, 1.807) is 0 Å². The molecule has 0 bridgehead atoms. The molecule has 1 N–H and O–H groups in total. The van der Waals surface area contributed by atoms with Gasteiger partial charge in [0.25, 0.3) is 0 Å². The second kappa shape index (κ2) is 13.1. The molecule has 1 aromatic rings. The minimum absolute atomic E-state index is 0. The third-order valence-corrected chi connectivity index (χ3v) is 6.82. The lowest BCUT2D eigenvalue weighted by Gasteiger charge is -2.37. The van der Waals surface area contributed by atoms with Crippen molar-refractivity contribution in [3.63, 3.8) is 0 Å². The average molecular weight is 557 g/mol. The molecule has 3 aliphatic rings. The van der Waals surface area contributed by atoms with Gasteiger partial charge in [0.2, 0.25) is 0 Å². The SMILES string of the molecule is CCNC(=NCc1ccc(CN2CCC(C)CC2)cc1)N1CCOC(C2CCCO2)C1.I. The summed E-state index contributed by atoms with van der Waals surface area (Å²) in [4.78, 5) is 9.87. The molecule has 0 aliphatic carbocycles. The van der Waals surface area contributed by atoms with E-state index in [4.69, 9.17) is 14.5 Å². The minimum atomic E-state index is 0. The van der Waals surface area contributed by atoms with Crippen molar-refractivity contribution >= 4 is 29.9 Å². The van der Waals surface area contributed by atoms with Gasteiger partial charge in [-0.2, -0.15) is 0 Å². The van der Waals surface area contributed by atoms with Crippen LogP contribution in [0.15, 0.2) is 29.3 Å². The predicted octanol–water partition coefficient (Wildman–Crippen LogP) is 3.88. The molecule has 0 aromatic heterocycles. The highest BCUT2D eigenvalue weighted by atomic mass is 127. The fourth-order valence-electron chi connectivity index (χ4n) is 4.81. The number of nitrogens with zero attached hydrogens (tertiary/aromatic N) is 3. The molecule has 32 heavy (non-hydrogen) atoms. The van der Waals surface area contributed by atoms with Crippen molar-refractivity contribution in [3.05, 3.63) is 35.4 Å². The number of halogens is 1. The van der Waals surface area contributed by atoms with Crippen LogP contribution in [0.2, 0.25) is 0 Å². The number of aliphatic imine (C=N–C) groups is 1. The average Bonchev–Trinajstić information content (AvgIpc) is 3.34. The smallest absolute Gasteiger partial charge is 0.194 e. The summed E-state index contributed by atoms with van der Waals surface area (Å²) < 4.78 is 11.9. The molecule has 1 aromatic carbocycles. The van der Waals surface area contributed by atoms with Crippen LogP contribution in [-0.4, -0.2) is 73.9 Å². The first-order valence-corrected chi connectivity index (χ1v) is 12.3. The Morgan fingerprint density at radius 3 is 2.41 bits per heavy atom. The molecule has 6 nitrogen and oxygen atoms in total. The highest BCUT2D eigenvalue weighted by Gasteiger charge is 2.32. The van der Waals surface area contributed by atoms with E-state index in [-0.39, 0.29) is 36.2 Å². The highest BCUT2D eigenvalue weighted by molar-refractivity contribution is 14.0. The highest BCUT2D eigenvalue weighted by Crippen LogP contribution is 2.21. The molecule has 2 atom stereocenters. The molecule has 2 unspecified atom stereocenters. The van der Waals surface area contributed by atoms with Crippen molar-refractivity contribution in [1.29, 1.82) is 0 Å². The molecule has 180 valence electrons. The van der Waals surface area contributed by atoms with E-state index in [1.807, 2.05) is 0 Å². The van der Waals surface area contributed by atoms with Crippen LogP contribution in [0.3, 0.4) is 0 Å². The maximum absolute atomic E-state index is 6.01. The molecule has 3 heterocycles. The number of nitrogens with one attached hydrogen (secondary N) is 1. The Morgan fingerprint density at radius 2 is 1.72 bits per heavy atom. The Morgan fingerprint density at radius 1 is 1.00 bits per heavy atom. The quantitative estimate of drug-likeness (QED) is 0.328. The number of morpholine rings is 1. The van der Waals surface area contributed by atoms with Crippen LogP contribution in [0.4, 0.5) is 0 Å². The van der Waals surface area contributed by atoms with Crippen LogP contribution in [0.5, 0.6) is 0 Å². The van der Waals surface area contributed by atoms with Crippen molar-refractivity contribution in [2.75, 3.05) is 45.9 Å². The summed E-state index contributed by atoms with van der Waals surface area (Å²) in [5.74, 6) is 1.87. The van der Waals surface area contributed by atoms with Crippen LogP contribution >= 0.6 is 24.0 Å². The van der Waals surface area contributed by atoms with E-state index in [1.165, 1.54) is 37.1 Å². The van der Waals surface area contributed by atoms with Crippen molar-refractivity contribution in [2.24, 2.45) is 10.9 Å². The van der Waals surface area contributed by atoms with Gasteiger partial charge >= 0.3 is 0 Å². The number of hydrogen-bond acceptors (Lipinski definition) is 4. The first-order chi connectivity index (χ1) is 15.2. The molecular weight excluding hydrogens is 515 g/mol. The zero-order valence-electron chi connectivity index (χ0n) is 19.8. The maximum atomic E-state index is 6.01. The number of benzene rings is 1. The summed E-state index contributed by atoms with van der Waals surface area (Å²) >= 11 is 0. The number of piperidine rings is 1. The molecule has 4 rings (SSSR count). The van der Waals surface area contributed by atoms with Gasteiger partial charge in [-0.3, -0.25) is 4.90 Å².